The van der Waals surface area contributed by atoms with E-state index in [0.717, 1.165) is 0 Å². The highest BCUT2D eigenvalue weighted by Crippen LogP contribution is 2.33. The molecule has 0 aromatic heterocycles. The molecular formula is C9H12N2O2S. The molecule has 0 amide bonds. The topological polar surface area (TPSA) is 72.2 Å². The van der Waals surface area contributed by atoms with E-state index in [2.05, 4.69) is 5.32 Å². The van der Waals surface area contributed by atoms with Gasteiger partial charge < -0.3 is 11.1 Å². The van der Waals surface area contributed by atoms with Crippen molar-refractivity contribution >= 4 is 21.2 Å². The number of nitrogens with two attached hydrogens (primary N) is 1. The van der Waals surface area contributed by atoms with Crippen molar-refractivity contribution in [1.82, 2.24) is 0 Å². The van der Waals surface area contributed by atoms with E-state index < -0.39 is 15.1 Å². The molecule has 0 radical (unpaired) electrons. The van der Waals surface area contributed by atoms with E-state index in [0.29, 0.717) is 22.8 Å². The van der Waals surface area contributed by atoms with Crippen LogP contribution in [0, 0.1) is 0 Å². The second kappa shape index (κ2) is 2.88. The maximum atomic E-state index is 11.9. The largest absolute Gasteiger partial charge is 0.397 e. The SMILES string of the molecule is CC1CNc2c(N)cccc2S1(=O)=O. The van der Waals surface area contributed by atoms with Crippen molar-refractivity contribution in [2.75, 3.05) is 17.6 Å². The highest BCUT2D eigenvalue weighted by atomic mass is 32.2. The number of hydrogen-bond acceptors (Lipinski definition) is 4. The van der Waals surface area contributed by atoms with E-state index in [-0.39, 0.29) is 0 Å². The van der Waals surface area contributed by atoms with Gasteiger partial charge in [0.25, 0.3) is 0 Å². The number of benzene rings is 1. The summed E-state index contributed by atoms with van der Waals surface area (Å²) >= 11 is 0. The van der Waals surface area contributed by atoms with Gasteiger partial charge in [0.2, 0.25) is 0 Å². The van der Waals surface area contributed by atoms with Crippen molar-refractivity contribution in [3.8, 4) is 0 Å². The number of nitrogens with one attached hydrogen (secondary N) is 1. The summed E-state index contributed by atoms with van der Waals surface area (Å²) in [6.07, 6.45) is 0. The Morgan fingerprint density at radius 3 is 2.93 bits per heavy atom. The minimum absolute atomic E-state index is 0.316. The van der Waals surface area contributed by atoms with E-state index in [1.807, 2.05) is 0 Å². The lowest BCUT2D eigenvalue weighted by Gasteiger charge is -2.24. The van der Waals surface area contributed by atoms with Crippen LogP contribution in [0.15, 0.2) is 23.1 Å². The van der Waals surface area contributed by atoms with Crippen LogP contribution in [0.5, 0.6) is 0 Å². The average molecular weight is 212 g/mol. The zero-order valence-electron chi connectivity index (χ0n) is 7.82. The Kier molecular flexibility index (Phi) is 1.92. The van der Waals surface area contributed by atoms with Gasteiger partial charge in [0.15, 0.2) is 9.84 Å². The maximum Gasteiger partial charge on any atom is 0.184 e. The summed E-state index contributed by atoms with van der Waals surface area (Å²) in [6.45, 7) is 2.11. The Hall–Kier alpha value is -1.23. The molecule has 0 spiro atoms. The van der Waals surface area contributed by atoms with Gasteiger partial charge in [-0.1, -0.05) is 6.07 Å². The van der Waals surface area contributed by atoms with Crippen LogP contribution in [0.4, 0.5) is 11.4 Å². The molecule has 1 aromatic rings. The lowest BCUT2D eigenvalue weighted by molar-refractivity contribution is 0.582. The van der Waals surface area contributed by atoms with Crippen LogP contribution in [0.1, 0.15) is 6.92 Å². The number of nitrogen functional groups attached to an aromatic ring is 1. The number of hydrogen-bond donors (Lipinski definition) is 2. The van der Waals surface area contributed by atoms with Crippen LogP contribution in [0.3, 0.4) is 0 Å². The second-order valence-electron chi connectivity index (χ2n) is 3.46. The van der Waals surface area contributed by atoms with Gasteiger partial charge >= 0.3 is 0 Å². The van der Waals surface area contributed by atoms with Crippen LogP contribution in [0.25, 0.3) is 0 Å². The minimum atomic E-state index is -3.19. The first-order chi connectivity index (χ1) is 6.53. The molecule has 2 rings (SSSR count). The van der Waals surface area contributed by atoms with Gasteiger partial charge in [-0.05, 0) is 19.1 Å². The highest BCUT2D eigenvalue weighted by molar-refractivity contribution is 7.92. The number of para-hydroxylation sites is 1. The first-order valence-corrected chi connectivity index (χ1v) is 5.94. The quantitative estimate of drug-likeness (QED) is 0.625. The molecule has 5 heteroatoms. The van der Waals surface area contributed by atoms with Crippen molar-refractivity contribution in [2.24, 2.45) is 0 Å². The first kappa shape index (κ1) is 9.33. The van der Waals surface area contributed by atoms with E-state index in [4.69, 9.17) is 5.73 Å². The smallest absolute Gasteiger partial charge is 0.184 e. The molecule has 0 saturated carbocycles. The average Bonchev–Trinajstić information content (AvgIpc) is 2.13. The molecule has 1 aliphatic heterocycles. The lowest BCUT2D eigenvalue weighted by atomic mass is 10.2. The van der Waals surface area contributed by atoms with Crippen LogP contribution in [0.2, 0.25) is 0 Å². The fraction of sp³-hybridized carbons (Fsp3) is 0.333. The summed E-state index contributed by atoms with van der Waals surface area (Å²) < 4.78 is 23.7. The van der Waals surface area contributed by atoms with Crippen LogP contribution in [-0.4, -0.2) is 20.2 Å². The third kappa shape index (κ3) is 1.16. The molecule has 1 heterocycles. The Bertz CT molecular complexity index is 468. The molecule has 1 aromatic carbocycles. The Labute approximate surface area is 83.0 Å². The van der Waals surface area contributed by atoms with Gasteiger partial charge in [-0.2, -0.15) is 0 Å². The van der Waals surface area contributed by atoms with Crippen molar-refractivity contribution in [3.63, 3.8) is 0 Å². The van der Waals surface area contributed by atoms with E-state index in [9.17, 15) is 8.42 Å². The molecule has 0 bridgehead atoms. The number of anilines is 2. The van der Waals surface area contributed by atoms with Crippen LogP contribution >= 0.6 is 0 Å². The molecule has 3 N–H and O–H groups in total. The Morgan fingerprint density at radius 1 is 1.50 bits per heavy atom. The summed E-state index contributed by atoms with van der Waals surface area (Å²) in [5.41, 5.74) is 6.71. The monoisotopic (exact) mass is 212 g/mol. The molecule has 76 valence electrons. The zero-order valence-corrected chi connectivity index (χ0v) is 8.64. The third-order valence-electron chi connectivity index (χ3n) is 2.46. The van der Waals surface area contributed by atoms with Crippen molar-refractivity contribution in [1.29, 1.82) is 0 Å². The van der Waals surface area contributed by atoms with Crippen molar-refractivity contribution in [2.45, 2.75) is 17.1 Å². The Balaban J connectivity index is 2.71. The molecule has 1 unspecified atom stereocenters. The molecule has 0 fully saturated rings. The molecule has 4 nitrogen and oxygen atoms in total. The van der Waals surface area contributed by atoms with Crippen LogP contribution < -0.4 is 11.1 Å². The molecule has 14 heavy (non-hydrogen) atoms. The Morgan fingerprint density at radius 2 is 2.21 bits per heavy atom. The lowest BCUT2D eigenvalue weighted by Crippen LogP contribution is -2.32. The van der Waals surface area contributed by atoms with Gasteiger partial charge in [-0.15, -0.1) is 0 Å². The number of sulfone groups is 1. The molecular weight excluding hydrogens is 200 g/mol. The molecule has 1 aliphatic rings. The predicted molar refractivity (Wildman–Crippen MR) is 56.0 cm³/mol. The van der Waals surface area contributed by atoms with Gasteiger partial charge in [0.1, 0.15) is 0 Å². The summed E-state index contributed by atoms with van der Waals surface area (Å²) in [5.74, 6) is 0. The fourth-order valence-electron chi connectivity index (χ4n) is 1.55. The first-order valence-electron chi connectivity index (χ1n) is 4.40. The van der Waals surface area contributed by atoms with E-state index >= 15 is 0 Å². The summed E-state index contributed by atoms with van der Waals surface area (Å²) in [5, 5.41) is 2.64. The van der Waals surface area contributed by atoms with Crippen LogP contribution in [-0.2, 0) is 9.84 Å². The fourth-order valence-corrected chi connectivity index (χ4v) is 3.03. The summed E-state index contributed by atoms with van der Waals surface area (Å²) in [4.78, 5) is 0.316. The standard InChI is InChI=1S/C9H12N2O2S/c1-6-5-11-9-7(10)3-2-4-8(9)14(6,12)13/h2-4,6,11H,5,10H2,1H3. The second-order valence-corrected chi connectivity index (χ2v) is 5.79. The normalized spacial score (nSPS) is 23.6. The number of fused-ring (bicyclic) bond motifs is 1. The predicted octanol–water partition coefficient (Wildman–Crippen LogP) is 0.857. The van der Waals surface area contributed by atoms with E-state index in [1.54, 1.807) is 25.1 Å². The highest BCUT2D eigenvalue weighted by Gasteiger charge is 2.31. The zero-order chi connectivity index (χ0) is 10.3. The summed E-state index contributed by atoms with van der Waals surface area (Å²) in [6, 6.07) is 4.94. The van der Waals surface area contributed by atoms with Gasteiger partial charge in [0, 0.05) is 6.54 Å². The maximum absolute atomic E-state index is 11.9. The van der Waals surface area contributed by atoms with Crippen molar-refractivity contribution < 1.29 is 8.42 Å². The molecule has 1 atom stereocenters. The van der Waals surface area contributed by atoms with Gasteiger partial charge in [0.05, 0.1) is 21.5 Å². The summed E-state index contributed by atoms with van der Waals surface area (Å²) in [7, 11) is -3.19. The van der Waals surface area contributed by atoms with Gasteiger partial charge in [-0.25, -0.2) is 8.42 Å². The minimum Gasteiger partial charge on any atom is -0.397 e. The van der Waals surface area contributed by atoms with Gasteiger partial charge in [-0.3, -0.25) is 0 Å². The van der Waals surface area contributed by atoms with E-state index in [1.165, 1.54) is 0 Å². The third-order valence-corrected chi connectivity index (χ3v) is 4.64. The molecule has 0 saturated heterocycles. The van der Waals surface area contributed by atoms with Crippen molar-refractivity contribution in [3.05, 3.63) is 18.2 Å². The number of rotatable bonds is 0. The molecule has 0 aliphatic carbocycles.